The summed E-state index contributed by atoms with van der Waals surface area (Å²) in [7, 11) is 0. The molecule has 19 heavy (non-hydrogen) atoms. The average molecular weight is 304 g/mol. The number of halogens is 2. The number of pyridine rings is 1. The Balaban J connectivity index is 2.63. The predicted molar refractivity (Wildman–Crippen MR) is 79.0 cm³/mol. The van der Waals surface area contributed by atoms with Gasteiger partial charge in [-0.2, -0.15) is 0 Å². The maximum atomic E-state index is 12.0. The van der Waals surface area contributed by atoms with Crippen molar-refractivity contribution in [2.24, 2.45) is 0 Å². The third-order valence-electron chi connectivity index (χ3n) is 2.86. The number of hydrogen-bond donors (Lipinski definition) is 1. The SMILES string of the molecule is CCN(CC)CC(C)NC(=O)c1ccc(Cl)nc1Cl. The quantitative estimate of drug-likeness (QED) is 0.822. The van der Waals surface area contributed by atoms with Crippen molar-refractivity contribution >= 4 is 29.1 Å². The molecule has 4 nitrogen and oxygen atoms in total. The smallest absolute Gasteiger partial charge is 0.254 e. The molecule has 106 valence electrons. The minimum atomic E-state index is -0.228. The lowest BCUT2D eigenvalue weighted by Crippen LogP contribution is -2.42. The van der Waals surface area contributed by atoms with E-state index in [9.17, 15) is 4.79 Å². The van der Waals surface area contributed by atoms with Gasteiger partial charge in [0.05, 0.1) is 5.56 Å². The van der Waals surface area contributed by atoms with Gasteiger partial charge in [0.1, 0.15) is 10.3 Å². The van der Waals surface area contributed by atoms with Gasteiger partial charge in [0.2, 0.25) is 0 Å². The summed E-state index contributed by atoms with van der Waals surface area (Å²) in [5.74, 6) is -0.228. The summed E-state index contributed by atoms with van der Waals surface area (Å²) in [4.78, 5) is 18.1. The van der Waals surface area contributed by atoms with Crippen LogP contribution in [0.25, 0.3) is 0 Å². The van der Waals surface area contributed by atoms with E-state index in [-0.39, 0.29) is 22.3 Å². The second-order valence-corrected chi connectivity index (χ2v) is 5.08. The number of nitrogens with zero attached hydrogens (tertiary/aromatic N) is 2. The summed E-state index contributed by atoms with van der Waals surface area (Å²) in [6.07, 6.45) is 0. The van der Waals surface area contributed by atoms with Crippen LogP contribution in [0.15, 0.2) is 12.1 Å². The van der Waals surface area contributed by atoms with Crippen LogP contribution in [0.4, 0.5) is 0 Å². The van der Waals surface area contributed by atoms with Crippen LogP contribution in [0, 0.1) is 0 Å². The second-order valence-electron chi connectivity index (χ2n) is 4.33. The highest BCUT2D eigenvalue weighted by Crippen LogP contribution is 2.16. The molecule has 0 spiro atoms. The second kappa shape index (κ2) is 7.68. The van der Waals surface area contributed by atoms with E-state index in [1.807, 2.05) is 6.92 Å². The molecule has 0 radical (unpaired) electrons. The van der Waals surface area contributed by atoms with Crippen LogP contribution in [-0.2, 0) is 0 Å². The summed E-state index contributed by atoms with van der Waals surface area (Å²) >= 11 is 11.6. The van der Waals surface area contributed by atoms with Crippen LogP contribution in [0.2, 0.25) is 10.3 Å². The Labute approximate surface area is 124 Å². The van der Waals surface area contributed by atoms with Gasteiger partial charge in [-0.15, -0.1) is 0 Å². The molecule has 1 rings (SSSR count). The molecular formula is C13H19Cl2N3O. The van der Waals surface area contributed by atoms with Gasteiger partial charge in [-0.1, -0.05) is 37.0 Å². The average Bonchev–Trinajstić information content (AvgIpc) is 2.35. The molecule has 0 aliphatic carbocycles. The molecule has 0 aromatic carbocycles. The number of carbonyl (C=O) groups is 1. The minimum absolute atomic E-state index is 0.0409. The van der Waals surface area contributed by atoms with Crippen molar-refractivity contribution < 1.29 is 4.79 Å². The Kier molecular flexibility index (Phi) is 6.55. The van der Waals surface area contributed by atoms with Crippen LogP contribution in [0.1, 0.15) is 31.1 Å². The van der Waals surface area contributed by atoms with Gasteiger partial charge in [-0.05, 0) is 32.1 Å². The first kappa shape index (κ1) is 16.2. The van der Waals surface area contributed by atoms with Crippen molar-refractivity contribution in [1.29, 1.82) is 0 Å². The van der Waals surface area contributed by atoms with E-state index in [4.69, 9.17) is 23.2 Å². The first-order valence-corrected chi connectivity index (χ1v) is 7.08. The summed E-state index contributed by atoms with van der Waals surface area (Å²) in [5.41, 5.74) is 0.345. The first-order valence-electron chi connectivity index (χ1n) is 6.33. The molecule has 0 bridgehead atoms. The Morgan fingerprint density at radius 3 is 2.53 bits per heavy atom. The van der Waals surface area contributed by atoms with Crippen molar-refractivity contribution in [3.8, 4) is 0 Å². The summed E-state index contributed by atoms with van der Waals surface area (Å²) < 4.78 is 0. The van der Waals surface area contributed by atoms with Gasteiger partial charge in [-0.25, -0.2) is 4.98 Å². The van der Waals surface area contributed by atoms with Gasteiger partial charge in [0.15, 0.2) is 0 Å². The molecular weight excluding hydrogens is 285 g/mol. The number of rotatable bonds is 6. The van der Waals surface area contributed by atoms with E-state index >= 15 is 0 Å². The molecule has 1 aromatic heterocycles. The van der Waals surface area contributed by atoms with Gasteiger partial charge >= 0.3 is 0 Å². The van der Waals surface area contributed by atoms with E-state index in [0.717, 1.165) is 19.6 Å². The lowest BCUT2D eigenvalue weighted by Gasteiger charge is -2.23. The van der Waals surface area contributed by atoms with Gasteiger partial charge in [-0.3, -0.25) is 4.79 Å². The van der Waals surface area contributed by atoms with E-state index in [1.165, 1.54) is 0 Å². The number of amides is 1. The minimum Gasteiger partial charge on any atom is -0.348 e. The standard InChI is InChI=1S/C13H19Cl2N3O/c1-4-18(5-2)8-9(3)16-13(19)10-6-7-11(14)17-12(10)15/h6-7,9H,4-5,8H2,1-3H3,(H,16,19). The highest BCUT2D eigenvalue weighted by atomic mass is 35.5. The molecule has 0 aliphatic rings. The Morgan fingerprint density at radius 1 is 1.37 bits per heavy atom. The Bertz CT molecular complexity index is 436. The third-order valence-corrected chi connectivity index (χ3v) is 3.36. The Morgan fingerprint density at radius 2 is 2.00 bits per heavy atom. The predicted octanol–water partition coefficient (Wildman–Crippen LogP) is 2.85. The first-order chi connectivity index (χ1) is 8.97. The molecule has 0 saturated heterocycles. The maximum Gasteiger partial charge on any atom is 0.254 e. The zero-order chi connectivity index (χ0) is 14.4. The molecule has 1 atom stereocenters. The van der Waals surface area contributed by atoms with E-state index in [0.29, 0.717) is 5.56 Å². The van der Waals surface area contributed by atoms with E-state index < -0.39 is 0 Å². The number of likely N-dealkylation sites (N-methyl/N-ethyl adjacent to an activating group) is 1. The normalized spacial score (nSPS) is 12.5. The monoisotopic (exact) mass is 303 g/mol. The van der Waals surface area contributed by atoms with Crippen LogP contribution in [0.3, 0.4) is 0 Å². The lowest BCUT2D eigenvalue weighted by atomic mass is 10.2. The molecule has 1 unspecified atom stereocenters. The fourth-order valence-corrected chi connectivity index (χ4v) is 2.23. The van der Waals surface area contributed by atoms with Crippen LogP contribution in [-0.4, -0.2) is 41.5 Å². The molecule has 6 heteroatoms. The van der Waals surface area contributed by atoms with E-state index in [1.54, 1.807) is 12.1 Å². The Hall–Kier alpha value is -0.840. The summed E-state index contributed by atoms with van der Waals surface area (Å²) in [5, 5.41) is 3.31. The molecule has 1 aromatic rings. The molecule has 0 fully saturated rings. The topological polar surface area (TPSA) is 45.2 Å². The summed E-state index contributed by atoms with van der Waals surface area (Å²) in [6.45, 7) is 8.88. The zero-order valence-electron chi connectivity index (χ0n) is 11.4. The zero-order valence-corrected chi connectivity index (χ0v) is 12.9. The molecule has 1 amide bonds. The van der Waals surface area contributed by atoms with Crippen molar-refractivity contribution in [3.05, 3.63) is 28.0 Å². The van der Waals surface area contributed by atoms with Crippen molar-refractivity contribution in [2.45, 2.75) is 26.8 Å². The van der Waals surface area contributed by atoms with Gasteiger partial charge in [0, 0.05) is 12.6 Å². The molecule has 0 aliphatic heterocycles. The third kappa shape index (κ3) is 4.97. The molecule has 1 N–H and O–H groups in total. The van der Waals surface area contributed by atoms with Crippen LogP contribution < -0.4 is 5.32 Å². The number of nitrogens with one attached hydrogen (secondary N) is 1. The lowest BCUT2D eigenvalue weighted by molar-refractivity contribution is 0.0930. The van der Waals surface area contributed by atoms with Crippen molar-refractivity contribution in [1.82, 2.24) is 15.2 Å². The number of aromatic nitrogens is 1. The van der Waals surface area contributed by atoms with Crippen molar-refractivity contribution in [3.63, 3.8) is 0 Å². The van der Waals surface area contributed by atoms with Crippen LogP contribution >= 0.6 is 23.2 Å². The highest BCUT2D eigenvalue weighted by Gasteiger charge is 2.15. The van der Waals surface area contributed by atoms with Gasteiger partial charge < -0.3 is 10.2 Å². The maximum absolute atomic E-state index is 12.0. The summed E-state index contributed by atoms with van der Waals surface area (Å²) in [6, 6.07) is 3.17. The molecule has 1 heterocycles. The number of hydrogen-bond acceptors (Lipinski definition) is 3. The van der Waals surface area contributed by atoms with Crippen molar-refractivity contribution in [2.75, 3.05) is 19.6 Å². The van der Waals surface area contributed by atoms with Gasteiger partial charge in [0.25, 0.3) is 5.91 Å². The molecule has 0 saturated carbocycles. The highest BCUT2D eigenvalue weighted by molar-refractivity contribution is 6.34. The number of carbonyl (C=O) groups excluding carboxylic acids is 1. The largest absolute Gasteiger partial charge is 0.348 e. The van der Waals surface area contributed by atoms with E-state index in [2.05, 4.69) is 29.0 Å². The fraction of sp³-hybridized carbons (Fsp3) is 0.538. The van der Waals surface area contributed by atoms with Crippen LogP contribution in [0.5, 0.6) is 0 Å². The fourth-order valence-electron chi connectivity index (χ4n) is 1.80.